The minimum absolute atomic E-state index is 0.134. The highest BCUT2D eigenvalue weighted by Crippen LogP contribution is 2.22. The molecule has 0 saturated heterocycles. The van der Waals surface area contributed by atoms with Crippen LogP contribution in [0.5, 0.6) is 0 Å². The molecule has 2 aromatic carbocycles. The van der Waals surface area contributed by atoms with Gasteiger partial charge in [0.15, 0.2) is 11.4 Å². The fraction of sp³-hybridized carbons (Fsp3) is 0.125. The number of hydrogen-bond donors (Lipinski definition) is 0. The molecule has 0 aliphatic heterocycles. The quantitative estimate of drug-likeness (QED) is 0.391. The molecule has 0 amide bonds. The van der Waals surface area contributed by atoms with E-state index in [1.165, 1.54) is 17.1 Å². The van der Waals surface area contributed by atoms with Crippen LogP contribution in [0.2, 0.25) is 0 Å². The van der Waals surface area contributed by atoms with Gasteiger partial charge in [-0.25, -0.2) is 9.67 Å². The first kappa shape index (κ1) is 19.5. The fourth-order valence-electron chi connectivity index (χ4n) is 3.88. The number of nitriles is 1. The number of Topliss-reactive ketones (excluding diaryl/α,β-unsaturated/α-hetero) is 1. The summed E-state index contributed by atoms with van der Waals surface area (Å²) in [6.07, 6.45) is 4.97. The molecule has 0 radical (unpaired) electrons. The van der Waals surface area contributed by atoms with E-state index in [9.17, 15) is 9.59 Å². The number of carbonyl (C=O) groups is 1. The molecule has 0 fully saturated rings. The second-order valence-electron chi connectivity index (χ2n) is 7.39. The van der Waals surface area contributed by atoms with Crippen molar-refractivity contribution in [3.63, 3.8) is 0 Å². The summed E-state index contributed by atoms with van der Waals surface area (Å²) in [5.74, 6) is -0.199. The fourth-order valence-corrected chi connectivity index (χ4v) is 3.88. The molecule has 0 N–H and O–H groups in total. The smallest absolute Gasteiger partial charge is 0.264 e. The van der Waals surface area contributed by atoms with Gasteiger partial charge in [0.25, 0.3) is 5.56 Å². The van der Waals surface area contributed by atoms with Crippen LogP contribution in [0, 0.1) is 11.3 Å². The van der Waals surface area contributed by atoms with Gasteiger partial charge in [-0.05, 0) is 18.2 Å². The second kappa shape index (κ2) is 7.96. The number of para-hydroxylation sites is 2. The zero-order chi connectivity index (χ0) is 22.1. The molecule has 8 nitrogen and oxygen atoms in total. The average Bonchev–Trinajstić information content (AvgIpc) is 3.42. The number of nitrogens with zero attached hydrogens (tertiary/aromatic N) is 6. The summed E-state index contributed by atoms with van der Waals surface area (Å²) in [6, 6.07) is 19.1. The highest BCUT2D eigenvalue weighted by molar-refractivity contribution is 6.08. The third-order valence-electron chi connectivity index (χ3n) is 5.42. The van der Waals surface area contributed by atoms with Crippen molar-refractivity contribution in [2.45, 2.75) is 19.5 Å². The topological polar surface area (TPSA) is 98.5 Å². The summed E-state index contributed by atoms with van der Waals surface area (Å²) in [7, 11) is 0. The lowest BCUT2D eigenvalue weighted by molar-refractivity contribution is 0.0972. The van der Waals surface area contributed by atoms with Crippen molar-refractivity contribution in [1.82, 2.24) is 23.9 Å². The van der Waals surface area contributed by atoms with Crippen molar-refractivity contribution in [2.24, 2.45) is 0 Å². The van der Waals surface area contributed by atoms with Gasteiger partial charge in [0.1, 0.15) is 11.7 Å². The Morgan fingerprint density at radius 3 is 2.59 bits per heavy atom. The van der Waals surface area contributed by atoms with E-state index in [0.717, 1.165) is 16.6 Å². The first-order valence-corrected chi connectivity index (χ1v) is 10.1. The SMILES string of the molecule is N#CCCn1cc(C(=O)Cn2cnc3c(cnn3-c3ccccc3)c2=O)c2ccccc21. The van der Waals surface area contributed by atoms with Gasteiger partial charge in [0, 0.05) is 29.2 Å². The molecule has 5 rings (SSSR count). The molecule has 3 aromatic heterocycles. The molecule has 8 heteroatoms. The number of ketones is 1. The molecular formula is C24H18N6O2. The van der Waals surface area contributed by atoms with Crippen LogP contribution in [0.1, 0.15) is 16.8 Å². The Morgan fingerprint density at radius 1 is 1.00 bits per heavy atom. The van der Waals surface area contributed by atoms with E-state index in [2.05, 4.69) is 16.2 Å². The Balaban J connectivity index is 1.50. The maximum Gasteiger partial charge on any atom is 0.264 e. The Kier molecular flexibility index (Phi) is 4.84. The van der Waals surface area contributed by atoms with Crippen LogP contribution < -0.4 is 5.56 Å². The average molecular weight is 422 g/mol. The largest absolute Gasteiger partial charge is 0.346 e. The predicted molar refractivity (Wildman–Crippen MR) is 120 cm³/mol. The minimum atomic E-state index is -0.321. The predicted octanol–water partition coefficient (Wildman–Crippen LogP) is 3.33. The molecule has 0 spiro atoms. The normalized spacial score (nSPS) is 11.1. The summed E-state index contributed by atoms with van der Waals surface area (Å²) in [6.45, 7) is 0.362. The number of fused-ring (bicyclic) bond motifs is 2. The summed E-state index contributed by atoms with van der Waals surface area (Å²) in [5, 5.41) is 14.4. The molecule has 0 aliphatic carbocycles. The Hall–Kier alpha value is -4.51. The molecular weight excluding hydrogens is 404 g/mol. The number of aryl methyl sites for hydroxylation is 1. The lowest BCUT2D eigenvalue weighted by Crippen LogP contribution is -2.24. The van der Waals surface area contributed by atoms with Gasteiger partial charge >= 0.3 is 0 Å². The molecule has 0 aliphatic rings. The highest BCUT2D eigenvalue weighted by Gasteiger charge is 2.18. The number of hydrogen-bond acceptors (Lipinski definition) is 5. The van der Waals surface area contributed by atoms with Crippen LogP contribution in [0.25, 0.3) is 27.6 Å². The van der Waals surface area contributed by atoms with Gasteiger partial charge < -0.3 is 4.57 Å². The van der Waals surface area contributed by atoms with E-state index >= 15 is 0 Å². The monoisotopic (exact) mass is 422 g/mol. The van der Waals surface area contributed by atoms with Crippen molar-refractivity contribution >= 4 is 27.7 Å². The van der Waals surface area contributed by atoms with Gasteiger partial charge in [-0.15, -0.1) is 0 Å². The Morgan fingerprint density at radius 2 is 1.78 bits per heavy atom. The maximum atomic E-state index is 13.1. The van der Waals surface area contributed by atoms with Crippen LogP contribution in [-0.2, 0) is 13.1 Å². The molecule has 0 saturated carbocycles. The number of carbonyl (C=O) groups excluding carboxylic acids is 1. The highest BCUT2D eigenvalue weighted by atomic mass is 16.1. The molecule has 0 bridgehead atoms. The summed E-state index contributed by atoms with van der Waals surface area (Å²) < 4.78 is 4.81. The van der Waals surface area contributed by atoms with Crippen LogP contribution in [0.15, 0.2) is 78.1 Å². The molecule has 32 heavy (non-hydrogen) atoms. The van der Waals surface area contributed by atoms with Crippen LogP contribution in [0.3, 0.4) is 0 Å². The first-order valence-electron chi connectivity index (χ1n) is 10.1. The maximum absolute atomic E-state index is 13.1. The van der Waals surface area contributed by atoms with Gasteiger partial charge in [-0.3, -0.25) is 14.2 Å². The standard InChI is InChI=1S/C24H18N6O2/c25-11-6-12-28-14-20(18-9-4-5-10-21(18)28)22(31)15-29-16-26-23-19(24(29)32)13-27-30(23)17-7-2-1-3-8-17/h1-5,7-10,13-14,16H,6,12,15H2. The van der Waals surface area contributed by atoms with E-state index in [0.29, 0.717) is 29.6 Å². The van der Waals surface area contributed by atoms with E-state index < -0.39 is 0 Å². The number of benzene rings is 2. The third-order valence-corrected chi connectivity index (χ3v) is 5.42. The summed E-state index contributed by atoms with van der Waals surface area (Å²) in [5.41, 5.74) is 2.33. The minimum Gasteiger partial charge on any atom is -0.346 e. The first-order chi connectivity index (χ1) is 15.7. The zero-order valence-corrected chi connectivity index (χ0v) is 17.0. The third kappa shape index (κ3) is 3.26. The van der Waals surface area contributed by atoms with Crippen molar-refractivity contribution < 1.29 is 4.79 Å². The van der Waals surface area contributed by atoms with Crippen LogP contribution in [-0.4, -0.2) is 29.7 Å². The van der Waals surface area contributed by atoms with E-state index in [4.69, 9.17) is 5.26 Å². The van der Waals surface area contributed by atoms with E-state index in [1.807, 2.05) is 59.2 Å². The van der Waals surface area contributed by atoms with Gasteiger partial charge in [0.05, 0.1) is 30.9 Å². The molecule has 5 aromatic rings. The van der Waals surface area contributed by atoms with Crippen molar-refractivity contribution in [3.05, 3.63) is 89.2 Å². The Labute approximate surface area is 182 Å². The number of rotatable bonds is 6. The summed E-state index contributed by atoms with van der Waals surface area (Å²) in [4.78, 5) is 30.6. The van der Waals surface area contributed by atoms with Crippen molar-refractivity contribution in [1.29, 1.82) is 5.26 Å². The lowest BCUT2D eigenvalue weighted by atomic mass is 10.1. The molecule has 156 valence electrons. The van der Waals surface area contributed by atoms with Crippen molar-refractivity contribution in [3.8, 4) is 11.8 Å². The van der Waals surface area contributed by atoms with Gasteiger partial charge in [0.2, 0.25) is 0 Å². The zero-order valence-electron chi connectivity index (χ0n) is 17.0. The molecule has 3 heterocycles. The van der Waals surface area contributed by atoms with Crippen LogP contribution >= 0.6 is 0 Å². The summed E-state index contributed by atoms with van der Waals surface area (Å²) >= 11 is 0. The van der Waals surface area contributed by atoms with Crippen LogP contribution in [0.4, 0.5) is 0 Å². The molecule has 0 unspecified atom stereocenters. The molecule has 0 atom stereocenters. The van der Waals surface area contributed by atoms with E-state index in [-0.39, 0.29) is 17.9 Å². The lowest BCUT2D eigenvalue weighted by Gasteiger charge is -2.06. The van der Waals surface area contributed by atoms with Crippen molar-refractivity contribution in [2.75, 3.05) is 0 Å². The number of aromatic nitrogens is 5. The van der Waals surface area contributed by atoms with Gasteiger partial charge in [-0.1, -0.05) is 36.4 Å². The van der Waals surface area contributed by atoms with Gasteiger partial charge in [-0.2, -0.15) is 10.4 Å². The van der Waals surface area contributed by atoms with E-state index in [1.54, 1.807) is 10.9 Å². The Bertz CT molecular complexity index is 1550. The second-order valence-corrected chi connectivity index (χ2v) is 7.39.